The molecule has 31 heavy (non-hydrogen) atoms. The predicted octanol–water partition coefficient (Wildman–Crippen LogP) is 3.19. The minimum atomic E-state index is -0.510. The Morgan fingerprint density at radius 3 is 2.65 bits per heavy atom. The van der Waals surface area contributed by atoms with E-state index >= 15 is 0 Å². The molecule has 0 spiro atoms. The van der Waals surface area contributed by atoms with Crippen LogP contribution >= 0.6 is 0 Å². The zero-order chi connectivity index (χ0) is 22.0. The van der Waals surface area contributed by atoms with Gasteiger partial charge in [0.25, 0.3) is 11.8 Å². The average Bonchev–Trinajstić information content (AvgIpc) is 3.23. The molecular formula is C23H28N6O2. The third-order valence-corrected chi connectivity index (χ3v) is 6.00. The molecule has 0 atom stereocenters. The standard InChI is InChI=1S/C23H28N6O2/c1-3-14-11-15(23(31)25-2)9-10-19(14)29-22-18(13-27-29)20(17(12-26-22)21(24)30)28-16-7-5-4-6-8-16/h9-13,16H,3-8H2,1-2H3,(H2,24,30)(H,25,31)(H,26,28). The largest absolute Gasteiger partial charge is 0.381 e. The number of fused-ring (bicyclic) bond motifs is 1. The van der Waals surface area contributed by atoms with Crippen molar-refractivity contribution in [1.29, 1.82) is 0 Å². The molecule has 162 valence electrons. The number of carbonyl (C=O) groups is 2. The summed E-state index contributed by atoms with van der Waals surface area (Å²) in [5.41, 5.74) is 9.81. The fourth-order valence-corrected chi connectivity index (χ4v) is 4.31. The highest BCUT2D eigenvalue weighted by atomic mass is 16.1. The molecule has 1 fully saturated rings. The number of amides is 2. The molecule has 1 aromatic carbocycles. The Kier molecular flexibility index (Phi) is 5.88. The lowest BCUT2D eigenvalue weighted by molar-refractivity contribution is 0.0961. The topological polar surface area (TPSA) is 115 Å². The van der Waals surface area contributed by atoms with Crippen LogP contribution in [0.4, 0.5) is 5.69 Å². The molecule has 8 heteroatoms. The van der Waals surface area contributed by atoms with E-state index in [1.807, 2.05) is 19.1 Å². The van der Waals surface area contributed by atoms with Crippen LogP contribution in [-0.2, 0) is 6.42 Å². The van der Waals surface area contributed by atoms with Crippen molar-refractivity contribution in [3.8, 4) is 5.69 Å². The maximum absolute atomic E-state index is 12.1. The number of nitrogens with one attached hydrogen (secondary N) is 2. The number of anilines is 1. The molecule has 0 aliphatic heterocycles. The lowest BCUT2D eigenvalue weighted by Gasteiger charge is -2.25. The van der Waals surface area contributed by atoms with E-state index in [1.165, 1.54) is 25.5 Å². The van der Waals surface area contributed by atoms with Crippen molar-refractivity contribution in [3.05, 3.63) is 47.3 Å². The molecule has 1 aliphatic carbocycles. The van der Waals surface area contributed by atoms with Crippen LogP contribution < -0.4 is 16.4 Å². The Bertz CT molecular complexity index is 1130. The molecular weight excluding hydrogens is 392 g/mol. The summed E-state index contributed by atoms with van der Waals surface area (Å²) >= 11 is 0. The van der Waals surface area contributed by atoms with Crippen molar-refractivity contribution >= 4 is 28.5 Å². The number of aryl methyl sites for hydroxylation is 1. The summed E-state index contributed by atoms with van der Waals surface area (Å²) in [6.45, 7) is 2.03. The van der Waals surface area contributed by atoms with Crippen LogP contribution in [0, 0.1) is 0 Å². The molecule has 3 aromatic rings. The van der Waals surface area contributed by atoms with Gasteiger partial charge in [-0.15, -0.1) is 0 Å². The zero-order valence-electron chi connectivity index (χ0n) is 17.9. The molecule has 1 saturated carbocycles. The van der Waals surface area contributed by atoms with Gasteiger partial charge in [0.05, 0.1) is 28.5 Å². The van der Waals surface area contributed by atoms with Gasteiger partial charge < -0.3 is 16.4 Å². The number of nitrogens with two attached hydrogens (primary N) is 1. The Morgan fingerprint density at radius 2 is 1.97 bits per heavy atom. The molecule has 4 N–H and O–H groups in total. The minimum Gasteiger partial charge on any atom is -0.381 e. The summed E-state index contributed by atoms with van der Waals surface area (Å²) in [6, 6.07) is 5.84. The van der Waals surface area contributed by atoms with Crippen LogP contribution in [0.1, 0.15) is 65.3 Å². The molecule has 8 nitrogen and oxygen atoms in total. The summed E-state index contributed by atoms with van der Waals surface area (Å²) in [4.78, 5) is 28.6. The molecule has 2 heterocycles. The van der Waals surface area contributed by atoms with E-state index in [0.29, 0.717) is 28.5 Å². The van der Waals surface area contributed by atoms with E-state index in [0.717, 1.165) is 35.9 Å². The van der Waals surface area contributed by atoms with Crippen LogP contribution in [-0.4, -0.2) is 39.7 Å². The number of primary amides is 1. The zero-order valence-corrected chi connectivity index (χ0v) is 17.9. The second kappa shape index (κ2) is 8.75. The monoisotopic (exact) mass is 420 g/mol. The normalized spacial score (nSPS) is 14.5. The number of rotatable bonds is 6. The molecule has 0 bridgehead atoms. The van der Waals surface area contributed by atoms with Gasteiger partial charge >= 0.3 is 0 Å². The van der Waals surface area contributed by atoms with Gasteiger partial charge in [-0.25, -0.2) is 9.67 Å². The van der Waals surface area contributed by atoms with Crippen molar-refractivity contribution in [2.24, 2.45) is 5.73 Å². The average molecular weight is 421 g/mol. The second-order valence-electron chi connectivity index (χ2n) is 7.96. The lowest BCUT2D eigenvalue weighted by Crippen LogP contribution is -2.25. The molecule has 2 amide bonds. The van der Waals surface area contributed by atoms with E-state index in [4.69, 9.17) is 5.73 Å². The molecule has 1 aliphatic rings. The maximum Gasteiger partial charge on any atom is 0.252 e. The van der Waals surface area contributed by atoms with E-state index < -0.39 is 5.91 Å². The van der Waals surface area contributed by atoms with Gasteiger partial charge in [-0.2, -0.15) is 5.10 Å². The van der Waals surface area contributed by atoms with Crippen LogP contribution in [0.25, 0.3) is 16.7 Å². The first kappa shape index (κ1) is 20.8. The van der Waals surface area contributed by atoms with Crippen molar-refractivity contribution in [3.63, 3.8) is 0 Å². The van der Waals surface area contributed by atoms with Crippen molar-refractivity contribution in [1.82, 2.24) is 20.1 Å². The SMILES string of the molecule is CCc1cc(C(=O)NC)ccc1-n1ncc2c(NC3CCCCC3)c(C(N)=O)cnc21. The fraction of sp³-hybridized carbons (Fsp3) is 0.391. The lowest BCUT2D eigenvalue weighted by atomic mass is 9.95. The van der Waals surface area contributed by atoms with E-state index in [-0.39, 0.29) is 5.91 Å². The van der Waals surface area contributed by atoms with Gasteiger partial charge in [-0.05, 0) is 43.0 Å². The fourth-order valence-electron chi connectivity index (χ4n) is 4.31. The molecule has 4 rings (SSSR count). The first-order valence-corrected chi connectivity index (χ1v) is 10.8. The highest BCUT2D eigenvalue weighted by molar-refractivity contribution is 6.06. The van der Waals surface area contributed by atoms with E-state index in [9.17, 15) is 9.59 Å². The maximum atomic E-state index is 12.1. The number of pyridine rings is 1. The third-order valence-electron chi connectivity index (χ3n) is 6.00. The second-order valence-corrected chi connectivity index (χ2v) is 7.96. The number of nitrogens with zero attached hydrogens (tertiary/aromatic N) is 3. The summed E-state index contributed by atoms with van der Waals surface area (Å²) in [5, 5.41) is 11.6. The Hall–Kier alpha value is -3.42. The highest BCUT2D eigenvalue weighted by Gasteiger charge is 2.22. The molecule has 0 saturated heterocycles. The Balaban J connectivity index is 1.81. The van der Waals surface area contributed by atoms with Gasteiger partial charge in [0.15, 0.2) is 5.65 Å². The van der Waals surface area contributed by atoms with Crippen LogP contribution in [0.2, 0.25) is 0 Å². The quantitative estimate of drug-likeness (QED) is 0.566. The van der Waals surface area contributed by atoms with Gasteiger partial charge in [-0.3, -0.25) is 9.59 Å². The van der Waals surface area contributed by atoms with Crippen LogP contribution in [0.5, 0.6) is 0 Å². The summed E-state index contributed by atoms with van der Waals surface area (Å²) in [7, 11) is 1.62. The number of hydrogen-bond donors (Lipinski definition) is 3. The molecule has 2 aromatic heterocycles. The van der Waals surface area contributed by atoms with Gasteiger partial charge in [0.2, 0.25) is 0 Å². The number of hydrogen-bond acceptors (Lipinski definition) is 5. The molecule has 0 radical (unpaired) electrons. The highest BCUT2D eigenvalue weighted by Crippen LogP contribution is 2.31. The summed E-state index contributed by atoms with van der Waals surface area (Å²) < 4.78 is 1.76. The summed E-state index contributed by atoms with van der Waals surface area (Å²) in [6.07, 6.45) is 9.71. The Labute approximate surface area is 181 Å². The predicted molar refractivity (Wildman–Crippen MR) is 121 cm³/mol. The van der Waals surface area contributed by atoms with Crippen LogP contribution in [0.15, 0.2) is 30.6 Å². The number of benzene rings is 1. The van der Waals surface area contributed by atoms with E-state index in [1.54, 1.807) is 24.0 Å². The smallest absolute Gasteiger partial charge is 0.252 e. The number of aromatic nitrogens is 3. The Morgan fingerprint density at radius 1 is 1.19 bits per heavy atom. The molecule has 0 unspecified atom stereocenters. The summed E-state index contributed by atoms with van der Waals surface area (Å²) in [5.74, 6) is -0.639. The first-order chi connectivity index (χ1) is 15.0. The first-order valence-electron chi connectivity index (χ1n) is 10.8. The van der Waals surface area contributed by atoms with Crippen molar-refractivity contribution < 1.29 is 9.59 Å². The number of carbonyl (C=O) groups excluding carboxylic acids is 2. The van der Waals surface area contributed by atoms with Gasteiger partial charge in [0, 0.05) is 24.8 Å². The minimum absolute atomic E-state index is 0.130. The van der Waals surface area contributed by atoms with E-state index in [2.05, 4.69) is 20.7 Å². The van der Waals surface area contributed by atoms with Gasteiger partial charge in [-0.1, -0.05) is 26.2 Å². The van der Waals surface area contributed by atoms with Crippen LogP contribution in [0.3, 0.4) is 0 Å². The van der Waals surface area contributed by atoms with Crippen molar-refractivity contribution in [2.75, 3.05) is 12.4 Å². The van der Waals surface area contributed by atoms with Gasteiger partial charge in [0.1, 0.15) is 0 Å². The van der Waals surface area contributed by atoms with Crippen molar-refractivity contribution in [2.45, 2.75) is 51.5 Å². The third kappa shape index (κ3) is 3.97.